The van der Waals surface area contributed by atoms with Crippen molar-refractivity contribution in [1.82, 2.24) is 5.32 Å². The standard InChI is InChI=1S/C30H35NO4/c1-22(2)21-24-8-10-25(11-9-24)26-14-16-28(17-15-26)35-20-4-3-5-23-6-12-27(13-7-23)30(34)31-19-18-29(32)33/h6-17,22H,3-5,18-21H2,1-2H3,(H,31,34)(H,32,33). The van der Waals surface area contributed by atoms with Gasteiger partial charge in [0.2, 0.25) is 0 Å². The van der Waals surface area contributed by atoms with Crippen LogP contribution in [-0.2, 0) is 17.6 Å². The predicted octanol–water partition coefficient (Wildman–Crippen LogP) is 6.16. The molecule has 0 atom stereocenters. The smallest absolute Gasteiger partial charge is 0.305 e. The molecular formula is C30H35NO4. The van der Waals surface area contributed by atoms with Crippen molar-refractivity contribution in [1.29, 1.82) is 0 Å². The Morgan fingerprint density at radius 2 is 1.43 bits per heavy atom. The minimum absolute atomic E-state index is 0.0810. The van der Waals surface area contributed by atoms with E-state index in [1.165, 1.54) is 16.7 Å². The minimum Gasteiger partial charge on any atom is -0.494 e. The summed E-state index contributed by atoms with van der Waals surface area (Å²) in [5.74, 6) is 0.363. The van der Waals surface area contributed by atoms with Crippen molar-refractivity contribution in [3.05, 3.63) is 89.5 Å². The van der Waals surface area contributed by atoms with Gasteiger partial charge in [0.1, 0.15) is 5.75 Å². The molecule has 3 rings (SSSR count). The molecule has 0 aliphatic carbocycles. The van der Waals surface area contributed by atoms with Crippen molar-refractivity contribution in [2.45, 2.75) is 46.0 Å². The number of unbranched alkanes of at least 4 members (excludes halogenated alkanes) is 1. The van der Waals surface area contributed by atoms with Gasteiger partial charge >= 0.3 is 5.97 Å². The quantitative estimate of drug-likeness (QED) is 0.292. The first kappa shape index (κ1) is 26.0. The van der Waals surface area contributed by atoms with E-state index in [1.807, 2.05) is 24.3 Å². The Morgan fingerprint density at radius 1 is 0.829 bits per heavy atom. The second kappa shape index (κ2) is 13.3. The molecule has 35 heavy (non-hydrogen) atoms. The summed E-state index contributed by atoms with van der Waals surface area (Å²) in [6.07, 6.45) is 3.87. The van der Waals surface area contributed by atoms with Crippen molar-refractivity contribution in [2.75, 3.05) is 13.2 Å². The van der Waals surface area contributed by atoms with Gasteiger partial charge < -0.3 is 15.2 Å². The number of carbonyl (C=O) groups is 2. The van der Waals surface area contributed by atoms with Gasteiger partial charge in [0.05, 0.1) is 13.0 Å². The lowest BCUT2D eigenvalue weighted by atomic mass is 9.99. The number of benzene rings is 3. The number of carbonyl (C=O) groups excluding carboxylic acids is 1. The average Bonchev–Trinajstić information content (AvgIpc) is 2.84. The van der Waals surface area contributed by atoms with Gasteiger partial charge in [-0.2, -0.15) is 0 Å². The molecule has 0 aliphatic heterocycles. The van der Waals surface area contributed by atoms with E-state index in [-0.39, 0.29) is 18.9 Å². The van der Waals surface area contributed by atoms with Crippen LogP contribution in [0.2, 0.25) is 0 Å². The Kier molecular flexibility index (Phi) is 9.91. The van der Waals surface area contributed by atoms with E-state index in [0.29, 0.717) is 18.1 Å². The van der Waals surface area contributed by atoms with E-state index >= 15 is 0 Å². The number of amides is 1. The molecule has 0 heterocycles. The van der Waals surface area contributed by atoms with E-state index in [9.17, 15) is 9.59 Å². The van der Waals surface area contributed by atoms with E-state index in [1.54, 1.807) is 12.1 Å². The number of nitrogens with one attached hydrogen (secondary N) is 1. The Morgan fingerprint density at radius 3 is 2.03 bits per heavy atom. The van der Waals surface area contributed by atoms with Crippen LogP contribution < -0.4 is 10.1 Å². The molecule has 0 radical (unpaired) electrons. The highest BCUT2D eigenvalue weighted by Crippen LogP contribution is 2.23. The number of hydrogen-bond donors (Lipinski definition) is 2. The van der Waals surface area contributed by atoms with Crippen LogP contribution in [0.1, 0.15) is 54.6 Å². The van der Waals surface area contributed by atoms with E-state index in [2.05, 4.69) is 55.6 Å². The molecular weight excluding hydrogens is 438 g/mol. The highest BCUT2D eigenvalue weighted by atomic mass is 16.5. The number of aliphatic carboxylic acids is 1. The van der Waals surface area contributed by atoms with Gasteiger partial charge in [0, 0.05) is 12.1 Å². The molecule has 0 saturated carbocycles. The number of aryl methyl sites for hydroxylation is 1. The van der Waals surface area contributed by atoms with Gasteiger partial charge in [-0.3, -0.25) is 9.59 Å². The van der Waals surface area contributed by atoms with Gasteiger partial charge in [-0.1, -0.05) is 62.4 Å². The molecule has 0 bridgehead atoms. The van der Waals surface area contributed by atoms with Crippen molar-refractivity contribution < 1.29 is 19.4 Å². The molecule has 1 amide bonds. The maximum atomic E-state index is 12.0. The largest absolute Gasteiger partial charge is 0.494 e. The number of hydrogen-bond acceptors (Lipinski definition) is 3. The third-order valence-corrected chi connectivity index (χ3v) is 5.75. The maximum absolute atomic E-state index is 12.0. The Labute approximate surface area is 208 Å². The molecule has 0 aromatic heterocycles. The Balaban J connectivity index is 1.36. The summed E-state index contributed by atoms with van der Waals surface area (Å²) in [5.41, 5.74) is 5.48. The normalized spacial score (nSPS) is 10.8. The van der Waals surface area contributed by atoms with Crippen LogP contribution in [0.25, 0.3) is 11.1 Å². The monoisotopic (exact) mass is 473 g/mol. The zero-order valence-corrected chi connectivity index (χ0v) is 20.6. The van der Waals surface area contributed by atoms with Gasteiger partial charge in [-0.25, -0.2) is 0 Å². The van der Waals surface area contributed by atoms with Crippen LogP contribution in [0.4, 0.5) is 0 Å². The summed E-state index contributed by atoms with van der Waals surface area (Å²) in [6, 6.07) is 24.5. The zero-order chi connectivity index (χ0) is 25.0. The van der Waals surface area contributed by atoms with Crippen molar-refractivity contribution in [2.24, 2.45) is 5.92 Å². The lowest BCUT2D eigenvalue weighted by molar-refractivity contribution is -0.136. The molecule has 0 fully saturated rings. The molecule has 184 valence electrons. The minimum atomic E-state index is -0.926. The molecule has 5 nitrogen and oxygen atoms in total. The first-order valence-electron chi connectivity index (χ1n) is 12.3. The topological polar surface area (TPSA) is 75.6 Å². The molecule has 0 unspecified atom stereocenters. The summed E-state index contributed by atoms with van der Waals surface area (Å²) in [5, 5.41) is 11.2. The van der Waals surface area contributed by atoms with Gasteiger partial charge in [0.25, 0.3) is 5.91 Å². The fraction of sp³-hybridized carbons (Fsp3) is 0.333. The van der Waals surface area contributed by atoms with Crippen LogP contribution in [-0.4, -0.2) is 30.1 Å². The lowest BCUT2D eigenvalue weighted by Crippen LogP contribution is -2.25. The van der Waals surface area contributed by atoms with Crippen LogP contribution >= 0.6 is 0 Å². The van der Waals surface area contributed by atoms with Crippen LogP contribution in [0.15, 0.2) is 72.8 Å². The third kappa shape index (κ3) is 8.93. The Hall–Kier alpha value is -3.60. The van der Waals surface area contributed by atoms with Crippen molar-refractivity contribution >= 4 is 11.9 Å². The van der Waals surface area contributed by atoms with E-state index in [0.717, 1.165) is 37.0 Å². The number of rotatable bonds is 13. The van der Waals surface area contributed by atoms with Crippen LogP contribution in [0.3, 0.4) is 0 Å². The lowest BCUT2D eigenvalue weighted by Gasteiger charge is -2.09. The fourth-order valence-corrected chi connectivity index (χ4v) is 3.88. The van der Waals surface area contributed by atoms with Gasteiger partial charge in [-0.05, 0) is 78.1 Å². The fourth-order valence-electron chi connectivity index (χ4n) is 3.88. The van der Waals surface area contributed by atoms with Crippen LogP contribution in [0, 0.1) is 5.92 Å². The van der Waals surface area contributed by atoms with Crippen molar-refractivity contribution in [3.8, 4) is 16.9 Å². The van der Waals surface area contributed by atoms with Crippen LogP contribution in [0.5, 0.6) is 5.75 Å². The SMILES string of the molecule is CC(C)Cc1ccc(-c2ccc(OCCCCc3ccc(C(=O)NCCC(=O)O)cc3)cc2)cc1. The second-order valence-corrected chi connectivity index (χ2v) is 9.22. The molecule has 0 saturated heterocycles. The number of carboxylic acid groups (broad SMARTS) is 1. The summed E-state index contributed by atoms with van der Waals surface area (Å²) in [7, 11) is 0. The molecule has 0 spiro atoms. The number of ether oxygens (including phenoxy) is 1. The summed E-state index contributed by atoms with van der Waals surface area (Å²) < 4.78 is 5.91. The maximum Gasteiger partial charge on any atom is 0.305 e. The zero-order valence-electron chi connectivity index (χ0n) is 20.6. The first-order valence-corrected chi connectivity index (χ1v) is 12.3. The Bertz CT molecular complexity index is 1070. The molecule has 3 aromatic rings. The highest BCUT2D eigenvalue weighted by molar-refractivity contribution is 5.94. The highest BCUT2D eigenvalue weighted by Gasteiger charge is 2.06. The summed E-state index contributed by atoms with van der Waals surface area (Å²) >= 11 is 0. The third-order valence-electron chi connectivity index (χ3n) is 5.75. The first-order chi connectivity index (χ1) is 16.9. The second-order valence-electron chi connectivity index (χ2n) is 9.22. The average molecular weight is 474 g/mol. The van der Waals surface area contributed by atoms with E-state index in [4.69, 9.17) is 9.84 Å². The summed E-state index contributed by atoms with van der Waals surface area (Å²) in [4.78, 5) is 22.5. The van der Waals surface area contributed by atoms with Crippen molar-refractivity contribution in [3.63, 3.8) is 0 Å². The molecule has 2 N–H and O–H groups in total. The van der Waals surface area contributed by atoms with Gasteiger partial charge in [0.15, 0.2) is 0 Å². The number of carboxylic acids is 1. The summed E-state index contributed by atoms with van der Waals surface area (Å²) in [6.45, 7) is 5.26. The predicted molar refractivity (Wildman–Crippen MR) is 140 cm³/mol. The van der Waals surface area contributed by atoms with Gasteiger partial charge in [-0.15, -0.1) is 0 Å². The molecule has 0 aliphatic rings. The molecule has 3 aromatic carbocycles. The molecule has 5 heteroatoms. The van der Waals surface area contributed by atoms with E-state index < -0.39 is 5.97 Å².